The summed E-state index contributed by atoms with van der Waals surface area (Å²) in [6.07, 6.45) is 0.672. The van der Waals surface area contributed by atoms with Crippen LogP contribution in [0, 0.1) is 5.41 Å². The van der Waals surface area contributed by atoms with Gasteiger partial charge >= 0.3 is 0 Å². The first-order chi connectivity index (χ1) is 4.39. The molecule has 0 spiro atoms. The highest BCUT2D eigenvalue weighted by Gasteiger charge is 2.26. The second-order valence-electron chi connectivity index (χ2n) is 3.65. The summed E-state index contributed by atoms with van der Waals surface area (Å²) in [5.41, 5.74) is 0.0386. The zero-order valence-electron chi connectivity index (χ0n) is 7.23. The van der Waals surface area contributed by atoms with Crippen molar-refractivity contribution in [2.75, 3.05) is 0 Å². The molecule has 2 N–H and O–H groups in total. The number of nitrogens with one attached hydrogen (secondary N) is 1. The lowest BCUT2D eigenvalue weighted by molar-refractivity contribution is 0.304. The highest BCUT2D eigenvalue weighted by molar-refractivity contribution is 6.80. The van der Waals surface area contributed by atoms with E-state index in [1.54, 1.807) is 0 Å². The molecule has 1 atom stereocenters. The van der Waals surface area contributed by atoms with Gasteiger partial charge in [-0.15, -0.1) is 0 Å². The zero-order chi connectivity index (χ0) is 8.36. The van der Waals surface area contributed by atoms with Gasteiger partial charge in [-0.2, -0.15) is 0 Å². The van der Waals surface area contributed by atoms with Crippen LogP contribution in [0.15, 0.2) is 0 Å². The Morgan fingerprint density at radius 1 is 1.50 bits per heavy atom. The van der Waals surface area contributed by atoms with Gasteiger partial charge in [0.05, 0.1) is 13.8 Å². The van der Waals surface area contributed by atoms with E-state index in [1.807, 2.05) is 6.92 Å². The SMILES string of the molecule is CCC(=N)C(O)[Si](C)(C)C. The van der Waals surface area contributed by atoms with E-state index < -0.39 is 13.8 Å². The molecule has 0 bridgehead atoms. The van der Waals surface area contributed by atoms with E-state index in [0.717, 1.165) is 0 Å². The Bertz CT molecular complexity index is 128. The quantitative estimate of drug-likeness (QED) is 0.477. The van der Waals surface area contributed by atoms with Crippen molar-refractivity contribution in [2.24, 2.45) is 0 Å². The molecule has 0 aliphatic rings. The molecule has 0 saturated heterocycles. The van der Waals surface area contributed by atoms with Gasteiger partial charge in [0.25, 0.3) is 0 Å². The fourth-order valence-corrected chi connectivity index (χ4v) is 1.97. The molecule has 0 fully saturated rings. The Labute approximate surface area is 63.8 Å². The second-order valence-corrected chi connectivity index (χ2v) is 8.93. The van der Waals surface area contributed by atoms with Crippen LogP contribution < -0.4 is 0 Å². The molecule has 3 heteroatoms. The van der Waals surface area contributed by atoms with Crippen LogP contribution in [0.2, 0.25) is 19.6 Å². The van der Waals surface area contributed by atoms with Gasteiger partial charge in [0.1, 0.15) is 0 Å². The first kappa shape index (κ1) is 9.85. The van der Waals surface area contributed by atoms with Gasteiger partial charge in [-0.05, 0) is 6.42 Å². The fraction of sp³-hybridized carbons (Fsp3) is 0.857. The predicted molar refractivity (Wildman–Crippen MR) is 47.4 cm³/mol. The first-order valence-corrected chi connectivity index (χ1v) is 7.22. The molecule has 0 aromatic rings. The van der Waals surface area contributed by atoms with Gasteiger partial charge in [-0.25, -0.2) is 0 Å². The van der Waals surface area contributed by atoms with Crippen LogP contribution in [0.1, 0.15) is 13.3 Å². The number of hydrogen-bond donors (Lipinski definition) is 2. The van der Waals surface area contributed by atoms with E-state index in [4.69, 9.17) is 5.41 Å². The molecular weight excluding hydrogens is 142 g/mol. The van der Waals surface area contributed by atoms with Crippen molar-refractivity contribution in [2.45, 2.75) is 38.7 Å². The third kappa shape index (κ3) is 2.62. The summed E-state index contributed by atoms with van der Waals surface area (Å²) in [6, 6.07) is 0. The van der Waals surface area contributed by atoms with Crippen LogP contribution in [0.4, 0.5) is 0 Å². The predicted octanol–water partition coefficient (Wildman–Crippen LogP) is 1.65. The first-order valence-electron chi connectivity index (χ1n) is 3.65. The summed E-state index contributed by atoms with van der Waals surface area (Å²) in [4.78, 5) is 0. The lowest BCUT2D eigenvalue weighted by atomic mass is 10.3. The third-order valence-corrected chi connectivity index (χ3v) is 3.52. The number of hydrogen-bond acceptors (Lipinski definition) is 2. The Balaban J connectivity index is 4.08. The van der Waals surface area contributed by atoms with Crippen molar-refractivity contribution >= 4 is 13.8 Å². The topological polar surface area (TPSA) is 44.1 Å². The molecule has 0 aliphatic heterocycles. The van der Waals surface area contributed by atoms with Gasteiger partial charge in [0, 0.05) is 5.71 Å². The van der Waals surface area contributed by atoms with Gasteiger partial charge in [0.2, 0.25) is 0 Å². The van der Waals surface area contributed by atoms with Gasteiger partial charge < -0.3 is 10.5 Å². The summed E-state index contributed by atoms with van der Waals surface area (Å²) in [5, 5.41) is 16.9. The number of rotatable bonds is 3. The smallest absolute Gasteiger partial charge is 0.0854 e. The largest absolute Gasteiger partial charge is 0.391 e. The van der Waals surface area contributed by atoms with Crippen molar-refractivity contribution in [1.82, 2.24) is 0 Å². The highest BCUT2D eigenvalue weighted by Crippen LogP contribution is 2.09. The second kappa shape index (κ2) is 3.30. The maximum absolute atomic E-state index is 9.49. The van der Waals surface area contributed by atoms with Crippen LogP contribution in [-0.2, 0) is 0 Å². The van der Waals surface area contributed by atoms with Crippen molar-refractivity contribution < 1.29 is 5.11 Å². The van der Waals surface area contributed by atoms with Gasteiger partial charge in [-0.3, -0.25) is 0 Å². The third-order valence-electron chi connectivity index (χ3n) is 1.53. The van der Waals surface area contributed by atoms with Gasteiger partial charge in [0.15, 0.2) is 0 Å². The minimum absolute atomic E-state index is 0.447. The maximum atomic E-state index is 9.49. The van der Waals surface area contributed by atoms with E-state index in [2.05, 4.69) is 19.6 Å². The average molecular weight is 159 g/mol. The van der Waals surface area contributed by atoms with E-state index in [-0.39, 0.29) is 0 Å². The normalized spacial score (nSPS) is 14.9. The van der Waals surface area contributed by atoms with Gasteiger partial charge in [-0.1, -0.05) is 26.6 Å². The van der Waals surface area contributed by atoms with Crippen LogP contribution in [0.25, 0.3) is 0 Å². The van der Waals surface area contributed by atoms with Crippen molar-refractivity contribution in [1.29, 1.82) is 5.41 Å². The molecule has 0 heterocycles. The van der Waals surface area contributed by atoms with Crippen LogP contribution in [0.5, 0.6) is 0 Å². The summed E-state index contributed by atoms with van der Waals surface area (Å²) < 4.78 is 0. The molecule has 0 amide bonds. The maximum Gasteiger partial charge on any atom is 0.0854 e. The number of aliphatic hydroxyl groups is 1. The van der Waals surface area contributed by atoms with Crippen LogP contribution >= 0.6 is 0 Å². The Hall–Kier alpha value is -0.153. The van der Waals surface area contributed by atoms with Crippen molar-refractivity contribution in [3.05, 3.63) is 0 Å². The monoisotopic (exact) mass is 159 g/mol. The van der Waals surface area contributed by atoms with E-state index in [9.17, 15) is 5.11 Å². The molecular formula is C7H17NOSi. The van der Waals surface area contributed by atoms with E-state index in [0.29, 0.717) is 12.1 Å². The summed E-state index contributed by atoms with van der Waals surface area (Å²) in [5.74, 6) is 0. The van der Waals surface area contributed by atoms with Crippen LogP contribution in [0.3, 0.4) is 0 Å². The molecule has 60 valence electrons. The molecule has 10 heavy (non-hydrogen) atoms. The average Bonchev–Trinajstić information content (AvgIpc) is 1.83. The summed E-state index contributed by atoms with van der Waals surface area (Å²) in [7, 11) is -1.51. The number of aliphatic hydroxyl groups excluding tert-OH is 1. The van der Waals surface area contributed by atoms with Crippen LogP contribution in [-0.4, -0.2) is 24.6 Å². The Morgan fingerprint density at radius 2 is 1.90 bits per heavy atom. The summed E-state index contributed by atoms with van der Waals surface area (Å²) >= 11 is 0. The van der Waals surface area contributed by atoms with Crippen molar-refractivity contribution in [3.63, 3.8) is 0 Å². The Kier molecular flexibility index (Phi) is 3.25. The standard InChI is InChI=1S/C7H17NOSi/c1-5-6(8)7(9)10(2,3)4/h7-9H,5H2,1-4H3. The highest BCUT2D eigenvalue weighted by atomic mass is 28.3. The van der Waals surface area contributed by atoms with E-state index >= 15 is 0 Å². The van der Waals surface area contributed by atoms with E-state index in [1.165, 1.54) is 0 Å². The summed E-state index contributed by atoms with van der Waals surface area (Å²) in [6.45, 7) is 8.12. The minimum Gasteiger partial charge on any atom is -0.391 e. The molecule has 0 rings (SSSR count). The lowest BCUT2D eigenvalue weighted by Crippen LogP contribution is -2.43. The fourth-order valence-electron chi connectivity index (χ4n) is 0.716. The lowest BCUT2D eigenvalue weighted by Gasteiger charge is -2.23. The molecule has 0 aromatic carbocycles. The zero-order valence-corrected chi connectivity index (χ0v) is 8.23. The minimum atomic E-state index is -1.51. The van der Waals surface area contributed by atoms with Crippen molar-refractivity contribution in [3.8, 4) is 0 Å². The molecule has 0 saturated carbocycles. The molecule has 0 radical (unpaired) electrons. The molecule has 0 aromatic heterocycles. The molecule has 0 aliphatic carbocycles. The molecule has 1 unspecified atom stereocenters. The molecule has 2 nitrogen and oxygen atoms in total. The Morgan fingerprint density at radius 3 is 2.00 bits per heavy atom.